The predicted octanol–water partition coefficient (Wildman–Crippen LogP) is 3.77. The lowest BCUT2D eigenvalue weighted by molar-refractivity contribution is 0.155. The van der Waals surface area contributed by atoms with Crippen molar-refractivity contribution in [2.75, 3.05) is 26.7 Å². The minimum absolute atomic E-state index is 0.214. The zero-order valence-electron chi connectivity index (χ0n) is 14.1. The molecule has 110 valence electrons. The molecule has 18 heavy (non-hydrogen) atoms. The highest BCUT2D eigenvalue weighted by atomic mass is 15.1. The van der Waals surface area contributed by atoms with E-state index in [0.717, 1.165) is 12.5 Å². The van der Waals surface area contributed by atoms with Crippen LogP contribution < -0.4 is 5.32 Å². The summed E-state index contributed by atoms with van der Waals surface area (Å²) in [5.41, 5.74) is 0.585. The second-order valence-corrected chi connectivity index (χ2v) is 7.48. The first-order chi connectivity index (χ1) is 8.12. The van der Waals surface area contributed by atoms with Gasteiger partial charge in [-0.25, -0.2) is 0 Å². The second kappa shape index (κ2) is 7.49. The van der Waals surface area contributed by atoms with Crippen LogP contribution in [-0.2, 0) is 0 Å². The molecule has 0 bridgehead atoms. The van der Waals surface area contributed by atoms with Gasteiger partial charge in [-0.15, -0.1) is 0 Å². The van der Waals surface area contributed by atoms with Crippen LogP contribution in [0.1, 0.15) is 61.3 Å². The smallest absolute Gasteiger partial charge is 0.00967 e. The maximum atomic E-state index is 3.66. The Morgan fingerprint density at radius 1 is 1.11 bits per heavy atom. The number of nitrogens with one attached hydrogen (secondary N) is 1. The topological polar surface area (TPSA) is 15.3 Å². The van der Waals surface area contributed by atoms with Gasteiger partial charge in [-0.3, -0.25) is 0 Å². The van der Waals surface area contributed by atoms with Gasteiger partial charge in [0.1, 0.15) is 0 Å². The minimum Gasteiger partial charge on any atom is -0.311 e. The maximum absolute atomic E-state index is 3.66. The molecule has 0 spiro atoms. The summed E-state index contributed by atoms with van der Waals surface area (Å²) in [5.74, 6) is 0.798. The van der Waals surface area contributed by atoms with Gasteiger partial charge in [0.15, 0.2) is 0 Å². The van der Waals surface area contributed by atoms with Crippen molar-refractivity contribution < 1.29 is 0 Å². The Morgan fingerprint density at radius 3 is 2.06 bits per heavy atom. The van der Waals surface area contributed by atoms with Crippen LogP contribution in [0, 0.1) is 11.3 Å². The Balaban J connectivity index is 4.29. The van der Waals surface area contributed by atoms with Crippen LogP contribution in [0.25, 0.3) is 0 Å². The van der Waals surface area contributed by atoms with Crippen molar-refractivity contribution >= 4 is 0 Å². The first-order valence-corrected chi connectivity index (χ1v) is 7.55. The van der Waals surface area contributed by atoms with E-state index in [1.807, 2.05) is 0 Å². The van der Waals surface area contributed by atoms with E-state index in [4.69, 9.17) is 0 Å². The van der Waals surface area contributed by atoms with E-state index in [2.05, 4.69) is 65.7 Å². The normalized spacial score (nSPS) is 17.8. The maximum Gasteiger partial charge on any atom is 0.00967 e. The molecule has 0 aromatic rings. The van der Waals surface area contributed by atoms with Crippen LogP contribution >= 0.6 is 0 Å². The molecule has 0 aliphatic heterocycles. The minimum atomic E-state index is 0.214. The first kappa shape index (κ1) is 17.9. The molecule has 2 unspecified atom stereocenters. The van der Waals surface area contributed by atoms with Crippen LogP contribution in [0.4, 0.5) is 0 Å². The molecule has 2 heteroatoms. The molecule has 0 amide bonds. The van der Waals surface area contributed by atoms with E-state index in [1.54, 1.807) is 0 Å². The number of nitrogens with zero attached hydrogens (tertiary/aromatic N) is 1. The van der Waals surface area contributed by atoms with Crippen molar-refractivity contribution in [3.05, 3.63) is 0 Å². The van der Waals surface area contributed by atoms with Crippen molar-refractivity contribution in [3.8, 4) is 0 Å². The van der Waals surface area contributed by atoms with E-state index < -0.39 is 0 Å². The van der Waals surface area contributed by atoms with Crippen LogP contribution in [-0.4, -0.2) is 37.1 Å². The Kier molecular flexibility index (Phi) is 7.46. The molecule has 0 saturated carbocycles. The zero-order chi connectivity index (χ0) is 14.4. The number of rotatable bonds is 8. The van der Waals surface area contributed by atoms with Gasteiger partial charge < -0.3 is 10.2 Å². The van der Waals surface area contributed by atoms with Crippen LogP contribution in [0.3, 0.4) is 0 Å². The van der Waals surface area contributed by atoms with Gasteiger partial charge in [-0.2, -0.15) is 0 Å². The van der Waals surface area contributed by atoms with E-state index in [9.17, 15) is 0 Å². The molecule has 0 rings (SSSR count). The third kappa shape index (κ3) is 8.10. The third-order valence-electron chi connectivity index (χ3n) is 3.87. The fourth-order valence-corrected chi connectivity index (χ4v) is 2.15. The molecular formula is C16H36N2. The molecule has 0 fully saturated rings. The van der Waals surface area contributed by atoms with E-state index >= 15 is 0 Å². The molecule has 2 atom stereocenters. The van der Waals surface area contributed by atoms with Crippen molar-refractivity contribution in [2.45, 2.75) is 66.8 Å². The molecule has 0 aliphatic rings. The number of hydrogen-bond acceptors (Lipinski definition) is 2. The summed E-state index contributed by atoms with van der Waals surface area (Å²) in [6.45, 7) is 19.5. The van der Waals surface area contributed by atoms with Gasteiger partial charge in [0.2, 0.25) is 0 Å². The fraction of sp³-hybridized carbons (Fsp3) is 1.00. The first-order valence-electron chi connectivity index (χ1n) is 7.55. The Labute approximate surface area is 116 Å². The lowest BCUT2D eigenvalue weighted by Crippen LogP contribution is -2.47. The summed E-state index contributed by atoms with van der Waals surface area (Å²) >= 11 is 0. The molecule has 0 aliphatic carbocycles. The monoisotopic (exact) mass is 256 g/mol. The highest BCUT2D eigenvalue weighted by Gasteiger charge is 2.26. The fourth-order valence-electron chi connectivity index (χ4n) is 2.15. The Morgan fingerprint density at radius 2 is 1.67 bits per heavy atom. The van der Waals surface area contributed by atoms with Gasteiger partial charge in [-0.05, 0) is 45.6 Å². The highest BCUT2D eigenvalue weighted by molar-refractivity contribution is 4.83. The van der Waals surface area contributed by atoms with Gasteiger partial charge in [0.05, 0.1) is 0 Å². The van der Waals surface area contributed by atoms with Gasteiger partial charge >= 0.3 is 0 Å². The standard InChI is InChI=1S/C16H36N2/c1-9-14(3)11-18(8)13-16(7,10-2)12-17-15(4,5)6/h14,17H,9-13H2,1-8H3. The average molecular weight is 256 g/mol. The Bertz CT molecular complexity index is 220. The number of hydrogen-bond donors (Lipinski definition) is 1. The molecule has 0 aromatic carbocycles. The molecule has 1 N–H and O–H groups in total. The van der Waals surface area contributed by atoms with Gasteiger partial charge in [0, 0.05) is 25.2 Å². The molecular weight excluding hydrogens is 220 g/mol. The van der Waals surface area contributed by atoms with Crippen molar-refractivity contribution in [2.24, 2.45) is 11.3 Å². The summed E-state index contributed by atoms with van der Waals surface area (Å²) < 4.78 is 0. The lowest BCUT2D eigenvalue weighted by Gasteiger charge is -2.36. The molecule has 0 radical (unpaired) electrons. The SMILES string of the molecule is CCC(C)CN(C)CC(C)(CC)CNC(C)(C)C. The highest BCUT2D eigenvalue weighted by Crippen LogP contribution is 2.23. The Hall–Kier alpha value is -0.0800. The van der Waals surface area contributed by atoms with Crippen LogP contribution in [0.15, 0.2) is 0 Å². The molecule has 0 saturated heterocycles. The van der Waals surface area contributed by atoms with E-state index in [-0.39, 0.29) is 5.54 Å². The molecule has 0 heterocycles. The third-order valence-corrected chi connectivity index (χ3v) is 3.87. The summed E-state index contributed by atoms with van der Waals surface area (Å²) in [5, 5.41) is 3.66. The largest absolute Gasteiger partial charge is 0.311 e. The lowest BCUT2D eigenvalue weighted by atomic mass is 9.85. The average Bonchev–Trinajstić information content (AvgIpc) is 2.25. The van der Waals surface area contributed by atoms with Crippen LogP contribution in [0.5, 0.6) is 0 Å². The van der Waals surface area contributed by atoms with Crippen molar-refractivity contribution in [3.63, 3.8) is 0 Å². The van der Waals surface area contributed by atoms with E-state index in [1.165, 1.54) is 25.9 Å². The van der Waals surface area contributed by atoms with Crippen molar-refractivity contribution in [1.82, 2.24) is 10.2 Å². The summed E-state index contributed by atoms with van der Waals surface area (Å²) in [4.78, 5) is 2.50. The zero-order valence-corrected chi connectivity index (χ0v) is 14.1. The quantitative estimate of drug-likeness (QED) is 0.711. The summed E-state index contributed by atoms with van der Waals surface area (Å²) in [7, 11) is 2.26. The van der Waals surface area contributed by atoms with Gasteiger partial charge in [0.25, 0.3) is 0 Å². The predicted molar refractivity (Wildman–Crippen MR) is 83.1 cm³/mol. The summed E-state index contributed by atoms with van der Waals surface area (Å²) in [6.07, 6.45) is 2.49. The van der Waals surface area contributed by atoms with Crippen molar-refractivity contribution in [1.29, 1.82) is 0 Å². The van der Waals surface area contributed by atoms with E-state index in [0.29, 0.717) is 5.41 Å². The summed E-state index contributed by atoms with van der Waals surface area (Å²) in [6, 6.07) is 0. The van der Waals surface area contributed by atoms with Gasteiger partial charge in [-0.1, -0.05) is 34.1 Å². The molecule has 0 aromatic heterocycles. The molecule has 2 nitrogen and oxygen atoms in total. The second-order valence-electron chi connectivity index (χ2n) is 7.48. The van der Waals surface area contributed by atoms with Crippen LogP contribution in [0.2, 0.25) is 0 Å².